The fraction of sp³-hybridized carbons (Fsp3) is 0.0476. The zero-order chi connectivity index (χ0) is 19.9. The molecule has 0 amide bonds. The topological polar surface area (TPSA) is 87.7 Å². The van der Waals surface area contributed by atoms with Gasteiger partial charge in [0.05, 0.1) is 6.20 Å². The van der Waals surface area contributed by atoms with Crippen LogP contribution in [0, 0.1) is 5.82 Å². The fourth-order valence-electron chi connectivity index (χ4n) is 2.63. The summed E-state index contributed by atoms with van der Waals surface area (Å²) < 4.78 is 13.1. The predicted molar refractivity (Wildman–Crippen MR) is 111 cm³/mol. The van der Waals surface area contributed by atoms with E-state index in [0.29, 0.717) is 29.8 Å². The number of pyridine rings is 2. The lowest BCUT2D eigenvalue weighted by Gasteiger charge is -2.13. The highest BCUT2D eigenvalue weighted by Crippen LogP contribution is 2.23. The number of anilines is 5. The monoisotopic (exact) mass is 387 g/mol. The van der Waals surface area contributed by atoms with Crippen LogP contribution in [0.4, 0.5) is 33.3 Å². The van der Waals surface area contributed by atoms with Crippen molar-refractivity contribution in [3.8, 4) is 0 Å². The minimum absolute atomic E-state index is 0.260. The van der Waals surface area contributed by atoms with Gasteiger partial charge in [-0.3, -0.25) is 4.98 Å². The third kappa shape index (κ3) is 5.23. The maximum atomic E-state index is 13.1. The number of nitrogens with zero attached hydrogens (tertiary/aromatic N) is 4. The SMILES string of the molecule is Fc1ccc(CNc2cc(Nc3ccccn3)cc(Nc3cnccn3)n2)cc1. The summed E-state index contributed by atoms with van der Waals surface area (Å²) in [4.78, 5) is 17.1. The van der Waals surface area contributed by atoms with E-state index in [1.807, 2.05) is 30.3 Å². The van der Waals surface area contributed by atoms with E-state index in [0.717, 1.165) is 11.3 Å². The molecule has 0 radical (unpaired) electrons. The van der Waals surface area contributed by atoms with Gasteiger partial charge in [0.2, 0.25) is 0 Å². The molecule has 0 saturated carbocycles. The van der Waals surface area contributed by atoms with Gasteiger partial charge in [0.1, 0.15) is 29.1 Å². The summed E-state index contributed by atoms with van der Waals surface area (Å²) in [5, 5.41) is 9.66. The van der Waals surface area contributed by atoms with Crippen LogP contribution >= 0.6 is 0 Å². The smallest absolute Gasteiger partial charge is 0.150 e. The molecule has 0 aliphatic heterocycles. The van der Waals surface area contributed by atoms with Crippen LogP contribution < -0.4 is 16.0 Å². The first-order valence-electron chi connectivity index (χ1n) is 8.96. The van der Waals surface area contributed by atoms with Gasteiger partial charge in [-0.05, 0) is 29.8 Å². The lowest BCUT2D eigenvalue weighted by molar-refractivity contribution is 0.627. The highest BCUT2D eigenvalue weighted by atomic mass is 19.1. The molecule has 0 saturated heterocycles. The van der Waals surface area contributed by atoms with Gasteiger partial charge in [-0.1, -0.05) is 18.2 Å². The van der Waals surface area contributed by atoms with Gasteiger partial charge in [-0.25, -0.2) is 19.3 Å². The zero-order valence-corrected chi connectivity index (χ0v) is 15.4. The molecule has 3 N–H and O–H groups in total. The summed E-state index contributed by atoms with van der Waals surface area (Å²) >= 11 is 0. The number of rotatable bonds is 7. The average Bonchev–Trinajstić information content (AvgIpc) is 2.75. The number of hydrogen-bond donors (Lipinski definition) is 3. The number of hydrogen-bond acceptors (Lipinski definition) is 7. The summed E-state index contributed by atoms with van der Waals surface area (Å²) in [7, 11) is 0. The Morgan fingerprint density at radius 2 is 1.59 bits per heavy atom. The molecule has 0 aliphatic carbocycles. The molecule has 0 spiro atoms. The van der Waals surface area contributed by atoms with Crippen LogP contribution in [0.15, 0.2) is 79.4 Å². The third-order valence-corrected chi connectivity index (χ3v) is 3.97. The molecule has 0 atom stereocenters. The first-order valence-corrected chi connectivity index (χ1v) is 8.96. The van der Waals surface area contributed by atoms with Gasteiger partial charge in [-0.15, -0.1) is 0 Å². The van der Waals surface area contributed by atoms with Crippen molar-refractivity contribution in [1.82, 2.24) is 19.9 Å². The Morgan fingerprint density at radius 1 is 0.759 bits per heavy atom. The minimum Gasteiger partial charge on any atom is -0.366 e. The highest BCUT2D eigenvalue weighted by Gasteiger charge is 2.06. The summed E-state index contributed by atoms with van der Waals surface area (Å²) in [6.45, 7) is 0.505. The van der Waals surface area contributed by atoms with Crippen molar-refractivity contribution in [2.24, 2.45) is 0 Å². The summed E-state index contributed by atoms with van der Waals surface area (Å²) in [6, 6.07) is 15.7. The van der Waals surface area contributed by atoms with Crippen molar-refractivity contribution in [3.05, 3.63) is 90.8 Å². The summed E-state index contributed by atoms with van der Waals surface area (Å²) in [6.07, 6.45) is 6.54. The van der Waals surface area contributed by atoms with Crippen molar-refractivity contribution >= 4 is 29.0 Å². The van der Waals surface area contributed by atoms with Gasteiger partial charge >= 0.3 is 0 Å². The molecule has 8 heteroatoms. The van der Waals surface area contributed by atoms with Gasteiger partial charge < -0.3 is 16.0 Å². The molecule has 144 valence electrons. The molecular formula is C21H18FN7. The van der Waals surface area contributed by atoms with Crippen LogP contribution in [0.1, 0.15) is 5.56 Å². The highest BCUT2D eigenvalue weighted by molar-refractivity contribution is 5.67. The van der Waals surface area contributed by atoms with E-state index >= 15 is 0 Å². The van der Waals surface area contributed by atoms with E-state index in [1.165, 1.54) is 12.1 Å². The predicted octanol–water partition coefficient (Wildman–Crippen LogP) is 4.51. The maximum Gasteiger partial charge on any atom is 0.150 e. The van der Waals surface area contributed by atoms with Crippen LogP contribution in [-0.2, 0) is 6.54 Å². The molecule has 3 heterocycles. The molecule has 1 aromatic carbocycles. The van der Waals surface area contributed by atoms with Crippen LogP contribution in [0.2, 0.25) is 0 Å². The lowest BCUT2D eigenvalue weighted by Crippen LogP contribution is -2.05. The molecule has 0 bridgehead atoms. The van der Waals surface area contributed by atoms with E-state index in [-0.39, 0.29) is 5.82 Å². The van der Waals surface area contributed by atoms with Crippen molar-refractivity contribution in [1.29, 1.82) is 0 Å². The van der Waals surface area contributed by atoms with Crippen molar-refractivity contribution < 1.29 is 4.39 Å². The molecule has 4 rings (SSSR count). The fourth-order valence-corrected chi connectivity index (χ4v) is 2.63. The molecule has 0 aliphatic rings. The van der Waals surface area contributed by atoms with Crippen LogP contribution in [0.5, 0.6) is 0 Å². The Morgan fingerprint density at radius 3 is 2.34 bits per heavy atom. The average molecular weight is 387 g/mol. The van der Waals surface area contributed by atoms with Gasteiger partial charge in [0.25, 0.3) is 0 Å². The van der Waals surface area contributed by atoms with Crippen molar-refractivity contribution in [2.75, 3.05) is 16.0 Å². The van der Waals surface area contributed by atoms with E-state index < -0.39 is 0 Å². The summed E-state index contributed by atoms with van der Waals surface area (Å²) in [5.41, 5.74) is 1.74. The Balaban J connectivity index is 1.57. The van der Waals surface area contributed by atoms with E-state index in [1.54, 1.807) is 36.9 Å². The third-order valence-electron chi connectivity index (χ3n) is 3.97. The van der Waals surface area contributed by atoms with Gasteiger partial charge in [0, 0.05) is 43.0 Å². The van der Waals surface area contributed by atoms with E-state index in [2.05, 4.69) is 35.9 Å². The minimum atomic E-state index is -0.260. The van der Waals surface area contributed by atoms with Crippen molar-refractivity contribution in [3.63, 3.8) is 0 Å². The Bertz CT molecular complexity index is 998. The molecule has 7 nitrogen and oxygen atoms in total. The largest absolute Gasteiger partial charge is 0.366 e. The molecular weight excluding hydrogens is 369 g/mol. The quantitative estimate of drug-likeness (QED) is 0.430. The molecule has 0 fully saturated rings. The van der Waals surface area contributed by atoms with Crippen LogP contribution in [-0.4, -0.2) is 19.9 Å². The normalized spacial score (nSPS) is 10.4. The zero-order valence-electron chi connectivity index (χ0n) is 15.4. The lowest BCUT2D eigenvalue weighted by atomic mass is 10.2. The number of benzene rings is 1. The Labute approximate surface area is 167 Å². The second-order valence-electron chi connectivity index (χ2n) is 6.16. The van der Waals surface area contributed by atoms with Crippen LogP contribution in [0.3, 0.4) is 0 Å². The second-order valence-corrected chi connectivity index (χ2v) is 6.16. The number of aromatic nitrogens is 4. The van der Waals surface area contributed by atoms with Crippen molar-refractivity contribution in [2.45, 2.75) is 6.54 Å². The van der Waals surface area contributed by atoms with Crippen LogP contribution in [0.25, 0.3) is 0 Å². The molecule has 0 unspecified atom stereocenters. The number of halogens is 1. The molecule has 3 aromatic heterocycles. The first kappa shape index (κ1) is 18.3. The van der Waals surface area contributed by atoms with Gasteiger partial charge in [-0.2, -0.15) is 0 Å². The van der Waals surface area contributed by atoms with E-state index in [9.17, 15) is 4.39 Å². The van der Waals surface area contributed by atoms with Gasteiger partial charge in [0.15, 0.2) is 0 Å². The standard InChI is InChI=1S/C21H18FN7/c22-16-6-4-15(5-7-16)13-26-19-11-17(27-18-3-1-2-8-24-18)12-20(28-19)29-21-14-23-9-10-25-21/h1-12,14H,13H2,(H3,24,25,26,27,28,29). The first-order chi connectivity index (χ1) is 14.2. The van der Waals surface area contributed by atoms with E-state index in [4.69, 9.17) is 0 Å². The second kappa shape index (κ2) is 8.75. The molecule has 4 aromatic rings. The maximum absolute atomic E-state index is 13.1. The molecule has 29 heavy (non-hydrogen) atoms. The number of nitrogens with one attached hydrogen (secondary N) is 3. The summed E-state index contributed by atoms with van der Waals surface area (Å²) in [5.74, 6) is 2.27. The Kier molecular flexibility index (Phi) is 5.52. The Hall–Kier alpha value is -4.07.